The quantitative estimate of drug-likeness (QED) is 0.210. The Morgan fingerprint density at radius 2 is 1.98 bits per heavy atom. The van der Waals surface area contributed by atoms with Gasteiger partial charge in [0.05, 0.1) is 47.7 Å². The zero-order chi connectivity index (χ0) is 29.5. The topological polar surface area (TPSA) is 159 Å². The van der Waals surface area contributed by atoms with Gasteiger partial charge in [0.2, 0.25) is 5.82 Å². The number of rotatable bonds is 8. The maximum atomic E-state index is 14.4. The molecule has 1 atom stereocenters. The highest BCUT2D eigenvalue weighted by molar-refractivity contribution is 6.16. The van der Waals surface area contributed by atoms with Gasteiger partial charge in [-0.15, -0.1) is 0 Å². The van der Waals surface area contributed by atoms with E-state index in [0.29, 0.717) is 55.9 Å². The fourth-order valence-corrected chi connectivity index (χ4v) is 5.20. The van der Waals surface area contributed by atoms with Crippen LogP contribution in [-0.2, 0) is 0 Å². The van der Waals surface area contributed by atoms with E-state index in [2.05, 4.69) is 30.4 Å². The molecule has 2 aromatic carbocycles. The lowest BCUT2D eigenvalue weighted by molar-refractivity contribution is 0.0830. The van der Waals surface area contributed by atoms with Crippen molar-refractivity contribution < 1.29 is 28.7 Å². The molecule has 4 heterocycles. The molecule has 4 N–H and O–H groups in total. The van der Waals surface area contributed by atoms with Gasteiger partial charge in [-0.3, -0.25) is 9.78 Å². The number of carbonyl (C=O) groups excluding carboxylic acids is 1. The van der Waals surface area contributed by atoms with E-state index < -0.39 is 24.4 Å². The van der Waals surface area contributed by atoms with E-state index in [9.17, 15) is 14.3 Å². The predicted octanol–water partition coefficient (Wildman–Crippen LogP) is 4.22. The van der Waals surface area contributed by atoms with Gasteiger partial charge < -0.3 is 29.8 Å². The van der Waals surface area contributed by atoms with Crippen molar-refractivity contribution in [2.45, 2.75) is 26.4 Å². The van der Waals surface area contributed by atoms with E-state index in [1.807, 2.05) is 26.0 Å². The molecule has 42 heavy (non-hydrogen) atoms. The second-order valence-electron chi connectivity index (χ2n) is 9.94. The molecule has 0 aliphatic rings. The molecule has 4 aromatic heterocycles. The number of amides is 1. The number of pyridine rings is 1. The van der Waals surface area contributed by atoms with Gasteiger partial charge in [-0.05, 0) is 56.7 Å². The standard InChI is InChI=1S/C30H27FN6O5/c1-14-25(15(2)42-37-14)21-11-23-20(12-24(21)41-3)26-27(18-7-9-32-22-5-4-16(31)10-19(18)22)35-29(36-28(26)34-23)30(40)33-8-6-17(39)13-38/h4-5,7,9-12,17,38-39H,6,8,13H2,1-3H3,(H,33,40)(H,34,35,36)/t17-/m0/s1. The number of fused-ring (bicyclic) bond motifs is 4. The van der Waals surface area contributed by atoms with Crippen molar-refractivity contribution >= 4 is 38.7 Å². The Balaban J connectivity index is 1.61. The number of hydrogen-bond acceptors (Lipinski definition) is 9. The van der Waals surface area contributed by atoms with Gasteiger partial charge in [0, 0.05) is 40.2 Å². The van der Waals surface area contributed by atoms with Crippen molar-refractivity contribution in [3.63, 3.8) is 0 Å². The molecular formula is C30H27FN6O5. The van der Waals surface area contributed by atoms with Gasteiger partial charge in [0.1, 0.15) is 23.0 Å². The number of aliphatic hydroxyl groups is 2. The summed E-state index contributed by atoms with van der Waals surface area (Å²) in [6.07, 6.45) is 0.796. The third-order valence-electron chi connectivity index (χ3n) is 7.21. The number of methoxy groups -OCH3 is 1. The molecule has 11 nitrogen and oxygen atoms in total. The molecule has 0 unspecified atom stereocenters. The number of aliphatic hydroxyl groups excluding tert-OH is 2. The third-order valence-corrected chi connectivity index (χ3v) is 7.21. The number of carbonyl (C=O) groups is 1. The summed E-state index contributed by atoms with van der Waals surface area (Å²) in [5.41, 5.74) is 4.88. The Kier molecular flexibility index (Phi) is 7.01. The molecule has 6 aromatic rings. The van der Waals surface area contributed by atoms with E-state index in [1.165, 1.54) is 12.1 Å². The highest BCUT2D eigenvalue weighted by atomic mass is 19.1. The first-order chi connectivity index (χ1) is 20.3. The van der Waals surface area contributed by atoms with Crippen LogP contribution >= 0.6 is 0 Å². The predicted molar refractivity (Wildman–Crippen MR) is 154 cm³/mol. The molecule has 0 bridgehead atoms. The van der Waals surface area contributed by atoms with E-state index in [0.717, 1.165) is 16.5 Å². The van der Waals surface area contributed by atoms with E-state index in [1.54, 1.807) is 25.4 Å². The fourth-order valence-electron chi connectivity index (χ4n) is 5.20. The summed E-state index contributed by atoms with van der Waals surface area (Å²) in [6.45, 7) is 3.36. The number of nitrogens with one attached hydrogen (secondary N) is 2. The summed E-state index contributed by atoms with van der Waals surface area (Å²) >= 11 is 0. The second-order valence-corrected chi connectivity index (χ2v) is 9.94. The highest BCUT2D eigenvalue weighted by Gasteiger charge is 2.23. The number of halogens is 1. The van der Waals surface area contributed by atoms with Crippen molar-refractivity contribution in [1.29, 1.82) is 0 Å². The molecule has 12 heteroatoms. The van der Waals surface area contributed by atoms with Crippen LogP contribution in [0, 0.1) is 19.7 Å². The fraction of sp³-hybridized carbons (Fsp3) is 0.233. The molecule has 0 aliphatic carbocycles. The van der Waals surface area contributed by atoms with Crippen molar-refractivity contribution in [2.24, 2.45) is 0 Å². The summed E-state index contributed by atoms with van der Waals surface area (Å²) in [6, 6.07) is 9.79. The molecule has 0 radical (unpaired) electrons. The number of nitrogens with zero attached hydrogens (tertiary/aromatic N) is 4. The Bertz CT molecular complexity index is 1970. The second kappa shape index (κ2) is 10.8. The number of benzene rings is 2. The average Bonchev–Trinajstić information content (AvgIpc) is 3.52. The smallest absolute Gasteiger partial charge is 0.289 e. The minimum atomic E-state index is -0.960. The van der Waals surface area contributed by atoms with E-state index >= 15 is 0 Å². The summed E-state index contributed by atoms with van der Waals surface area (Å²) in [4.78, 5) is 30.1. The normalized spacial score (nSPS) is 12.3. The maximum Gasteiger partial charge on any atom is 0.289 e. The van der Waals surface area contributed by atoms with Gasteiger partial charge in [0.15, 0.2) is 0 Å². The molecule has 0 spiro atoms. The van der Waals surface area contributed by atoms with Crippen LogP contribution in [0.4, 0.5) is 4.39 Å². The van der Waals surface area contributed by atoms with Crippen molar-refractivity contribution in [3.8, 4) is 28.1 Å². The van der Waals surface area contributed by atoms with Gasteiger partial charge in [-0.2, -0.15) is 0 Å². The highest BCUT2D eigenvalue weighted by Crippen LogP contribution is 2.42. The number of aromatic amines is 1. The van der Waals surface area contributed by atoms with Crippen LogP contribution in [0.2, 0.25) is 0 Å². The van der Waals surface area contributed by atoms with Crippen LogP contribution in [0.15, 0.2) is 47.1 Å². The zero-order valence-electron chi connectivity index (χ0n) is 23.0. The van der Waals surface area contributed by atoms with Crippen LogP contribution in [0.25, 0.3) is 55.2 Å². The molecule has 6 rings (SSSR count). The van der Waals surface area contributed by atoms with Crippen LogP contribution in [0.5, 0.6) is 5.75 Å². The summed E-state index contributed by atoms with van der Waals surface area (Å²) < 4.78 is 25.6. The molecule has 0 aliphatic heterocycles. The SMILES string of the molecule is COc1cc2c(cc1-c1c(C)noc1C)[nH]c1nc(C(=O)NCC[C@H](O)CO)nc(-c3ccnc4ccc(F)cc34)c12. The first-order valence-corrected chi connectivity index (χ1v) is 13.3. The molecule has 0 fully saturated rings. The molecule has 0 saturated heterocycles. The lowest BCUT2D eigenvalue weighted by Gasteiger charge is -2.11. The Morgan fingerprint density at radius 3 is 2.71 bits per heavy atom. The summed E-state index contributed by atoms with van der Waals surface area (Å²) in [5, 5.41) is 27.4. The van der Waals surface area contributed by atoms with Crippen LogP contribution in [0.1, 0.15) is 28.5 Å². The Hall–Kier alpha value is -4.94. The first-order valence-electron chi connectivity index (χ1n) is 13.3. The minimum Gasteiger partial charge on any atom is -0.496 e. The van der Waals surface area contributed by atoms with E-state index in [-0.39, 0.29) is 18.8 Å². The molecule has 214 valence electrons. The number of aryl methyl sites for hydroxylation is 2. The molecular weight excluding hydrogens is 543 g/mol. The van der Waals surface area contributed by atoms with Gasteiger partial charge >= 0.3 is 0 Å². The summed E-state index contributed by atoms with van der Waals surface area (Å²) in [7, 11) is 1.57. The van der Waals surface area contributed by atoms with Crippen molar-refractivity contribution in [2.75, 3.05) is 20.3 Å². The largest absolute Gasteiger partial charge is 0.496 e. The van der Waals surface area contributed by atoms with Crippen molar-refractivity contribution in [3.05, 3.63) is 65.7 Å². The number of ether oxygens (including phenoxy) is 1. The lowest BCUT2D eigenvalue weighted by atomic mass is 9.99. The lowest BCUT2D eigenvalue weighted by Crippen LogP contribution is -2.29. The van der Waals surface area contributed by atoms with Gasteiger partial charge in [-0.25, -0.2) is 14.4 Å². The molecule has 1 amide bonds. The van der Waals surface area contributed by atoms with Gasteiger partial charge in [0.25, 0.3) is 5.91 Å². The Morgan fingerprint density at radius 1 is 1.14 bits per heavy atom. The average molecular weight is 571 g/mol. The zero-order valence-corrected chi connectivity index (χ0v) is 23.0. The maximum absolute atomic E-state index is 14.4. The van der Waals surface area contributed by atoms with Crippen LogP contribution in [-0.4, -0.2) is 67.6 Å². The van der Waals surface area contributed by atoms with Gasteiger partial charge in [-0.1, -0.05) is 5.16 Å². The molecule has 0 saturated carbocycles. The number of H-pyrrole nitrogens is 1. The minimum absolute atomic E-state index is 0.103. The monoisotopic (exact) mass is 570 g/mol. The first kappa shape index (κ1) is 27.2. The van der Waals surface area contributed by atoms with Crippen LogP contribution < -0.4 is 10.1 Å². The Labute approximate surface area is 238 Å². The van der Waals surface area contributed by atoms with Crippen LogP contribution in [0.3, 0.4) is 0 Å². The van der Waals surface area contributed by atoms with Crippen molar-refractivity contribution in [1.82, 2.24) is 30.4 Å². The third kappa shape index (κ3) is 4.70. The number of aromatic nitrogens is 5. The summed E-state index contributed by atoms with van der Waals surface area (Å²) in [5.74, 6) is 0.0744. The van der Waals surface area contributed by atoms with E-state index in [4.69, 9.17) is 14.4 Å². The number of hydrogen-bond donors (Lipinski definition) is 4.